The van der Waals surface area contributed by atoms with Crippen molar-refractivity contribution in [3.05, 3.63) is 35.4 Å². The molecule has 0 unspecified atom stereocenters. The van der Waals surface area contributed by atoms with Crippen LogP contribution in [0.3, 0.4) is 0 Å². The van der Waals surface area contributed by atoms with E-state index in [1.54, 1.807) is 0 Å². The summed E-state index contributed by atoms with van der Waals surface area (Å²) in [6.07, 6.45) is 8.69. The van der Waals surface area contributed by atoms with Crippen molar-refractivity contribution in [3.63, 3.8) is 0 Å². The van der Waals surface area contributed by atoms with Crippen LogP contribution in [0.4, 0.5) is 5.69 Å². The summed E-state index contributed by atoms with van der Waals surface area (Å²) in [6.45, 7) is 8.16. The molecule has 4 nitrogen and oxygen atoms in total. The van der Waals surface area contributed by atoms with Gasteiger partial charge in [-0.1, -0.05) is 51.2 Å². The molecule has 0 aliphatic heterocycles. The number of unbranched alkanes of at least 4 members (excludes halogenated alkanes) is 5. The molecule has 0 aromatic heterocycles. The third-order valence-electron chi connectivity index (χ3n) is 4.37. The molecule has 1 rings (SSSR count). The van der Waals surface area contributed by atoms with E-state index in [1.165, 1.54) is 45.6 Å². The van der Waals surface area contributed by atoms with Gasteiger partial charge in [-0.2, -0.15) is 0 Å². The van der Waals surface area contributed by atoms with Crippen molar-refractivity contribution in [2.75, 3.05) is 13.7 Å². The van der Waals surface area contributed by atoms with E-state index in [0.717, 1.165) is 29.0 Å². The van der Waals surface area contributed by atoms with Gasteiger partial charge in [0, 0.05) is 11.3 Å². The molecular weight excluding hydrogens is 338 g/mol. The number of hydrogen-bond donors (Lipinski definition) is 0. The van der Waals surface area contributed by atoms with Gasteiger partial charge in [-0.3, -0.25) is 4.99 Å². The van der Waals surface area contributed by atoms with Gasteiger partial charge in [-0.25, -0.2) is 4.79 Å². The number of ether oxygens (including phenoxy) is 2. The van der Waals surface area contributed by atoms with Crippen LogP contribution >= 0.6 is 0 Å². The van der Waals surface area contributed by atoms with Crippen LogP contribution < -0.4 is 0 Å². The predicted octanol–water partition coefficient (Wildman–Crippen LogP) is 6.47. The molecule has 0 aliphatic rings. The van der Waals surface area contributed by atoms with Crippen molar-refractivity contribution < 1.29 is 14.3 Å². The highest BCUT2D eigenvalue weighted by atomic mass is 16.6. The normalized spacial score (nSPS) is 11.2. The highest BCUT2D eigenvalue weighted by Gasteiger charge is 2.12. The number of hydrogen-bond acceptors (Lipinski definition) is 4. The lowest BCUT2D eigenvalue weighted by atomic mass is 10.1. The average Bonchev–Trinajstić information content (AvgIpc) is 2.65. The lowest BCUT2D eigenvalue weighted by molar-refractivity contribution is -0.143. The first-order valence-corrected chi connectivity index (χ1v) is 10.00. The van der Waals surface area contributed by atoms with Gasteiger partial charge in [-0.15, -0.1) is 0 Å². The summed E-state index contributed by atoms with van der Waals surface area (Å²) < 4.78 is 10.4. The fraction of sp³-hybridized carbons (Fsp3) is 0.565. The molecule has 0 saturated heterocycles. The Balaban J connectivity index is 2.81. The number of allylic oxidation sites excluding steroid dienone is 1. The second-order valence-corrected chi connectivity index (χ2v) is 7.08. The van der Waals surface area contributed by atoms with Gasteiger partial charge in [0.1, 0.15) is 5.76 Å². The van der Waals surface area contributed by atoms with Crippen molar-refractivity contribution in [1.82, 2.24) is 0 Å². The Bertz CT molecular complexity index is 643. The van der Waals surface area contributed by atoms with Gasteiger partial charge >= 0.3 is 5.97 Å². The van der Waals surface area contributed by atoms with Crippen LogP contribution in [0.15, 0.2) is 34.8 Å². The quantitative estimate of drug-likeness (QED) is 0.182. The maximum absolute atomic E-state index is 11.4. The van der Waals surface area contributed by atoms with Gasteiger partial charge in [0.15, 0.2) is 6.61 Å². The number of rotatable bonds is 12. The fourth-order valence-corrected chi connectivity index (χ4v) is 2.87. The van der Waals surface area contributed by atoms with E-state index in [2.05, 4.69) is 18.6 Å². The molecule has 0 saturated carbocycles. The second-order valence-electron chi connectivity index (χ2n) is 7.08. The van der Waals surface area contributed by atoms with E-state index in [9.17, 15) is 4.79 Å². The third-order valence-corrected chi connectivity index (χ3v) is 4.37. The molecule has 27 heavy (non-hydrogen) atoms. The lowest BCUT2D eigenvalue weighted by Gasteiger charge is -2.14. The van der Waals surface area contributed by atoms with Crippen molar-refractivity contribution in [2.24, 2.45) is 4.99 Å². The number of esters is 1. The molecule has 0 amide bonds. The molecule has 4 heteroatoms. The second kappa shape index (κ2) is 13.1. The highest BCUT2D eigenvalue weighted by Crippen LogP contribution is 2.30. The molecule has 0 spiro atoms. The molecule has 0 radical (unpaired) electrons. The summed E-state index contributed by atoms with van der Waals surface area (Å²) in [5, 5.41) is 0. The summed E-state index contributed by atoms with van der Waals surface area (Å²) in [7, 11) is 1.36. The molecule has 1 aromatic rings. The molecule has 0 N–H and O–H groups in total. The Morgan fingerprint density at radius 2 is 1.67 bits per heavy atom. The molecule has 150 valence electrons. The number of methoxy groups -OCH3 is 1. The molecular formula is C23H35NO3. The van der Waals surface area contributed by atoms with Crippen LogP contribution in [0.2, 0.25) is 0 Å². The summed E-state index contributed by atoms with van der Waals surface area (Å²) in [6, 6.07) is 7.91. The Hall–Kier alpha value is -2.10. The number of benzene rings is 1. The van der Waals surface area contributed by atoms with Crippen molar-refractivity contribution >= 4 is 23.1 Å². The fourth-order valence-electron chi connectivity index (χ4n) is 2.87. The summed E-state index contributed by atoms with van der Waals surface area (Å²) in [4.78, 5) is 16.3. The van der Waals surface area contributed by atoms with Gasteiger partial charge in [0.25, 0.3) is 0 Å². The van der Waals surface area contributed by atoms with Crippen molar-refractivity contribution in [3.8, 4) is 0 Å². The molecule has 0 atom stereocenters. The molecule has 0 bridgehead atoms. The van der Waals surface area contributed by atoms with E-state index in [1.807, 2.05) is 38.1 Å². The van der Waals surface area contributed by atoms with Crippen LogP contribution in [-0.2, 0) is 14.3 Å². The van der Waals surface area contributed by atoms with E-state index in [0.29, 0.717) is 5.76 Å². The van der Waals surface area contributed by atoms with Crippen molar-refractivity contribution in [1.29, 1.82) is 0 Å². The standard InChI is InChI=1S/C23H35NO3/c1-6-7-8-9-10-11-14-19(4)24-21-16-13-12-15-20(21)23(18(2)3)27-17-22(25)26-5/h12-13,15-16H,6-11,14,17H2,1-5H3. The van der Waals surface area contributed by atoms with Crippen molar-refractivity contribution in [2.45, 2.75) is 72.6 Å². The van der Waals surface area contributed by atoms with E-state index in [4.69, 9.17) is 9.73 Å². The minimum absolute atomic E-state index is 0.105. The first kappa shape index (κ1) is 22.9. The summed E-state index contributed by atoms with van der Waals surface area (Å²) >= 11 is 0. The minimum atomic E-state index is -0.394. The Morgan fingerprint density at radius 1 is 1.00 bits per heavy atom. The smallest absolute Gasteiger partial charge is 0.343 e. The molecule has 0 fully saturated rings. The molecule has 0 aliphatic carbocycles. The van der Waals surface area contributed by atoms with E-state index < -0.39 is 5.97 Å². The maximum Gasteiger partial charge on any atom is 0.343 e. The topological polar surface area (TPSA) is 47.9 Å². The van der Waals surface area contributed by atoms with Crippen LogP contribution in [-0.4, -0.2) is 25.4 Å². The van der Waals surface area contributed by atoms with Crippen LogP contribution in [0.5, 0.6) is 0 Å². The van der Waals surface area contributed by atoms with Gasteiger partial charge in [0.2, 0.25) is 0 Å². The Kier molecular flexibility index (Phi) is 11.2. The lowest BCUT2D eigenvalue weighted by Crippen LogP contribution is -2.10. The number of carbonyl (C=O) groups excluding carboxylic acids is 1. The van der Waals surface area contributed by atoms with Gasteiger partial charge in [-0.05, 0) is 51.3 Å². The van der Waals surface area contributed by atoms with Crippen LogP contribution in [0.1, 0.15) is 78.2 Å². The minimum Gasteiger partial charge on any atom is -0.481 e. The largest absolute Gasteiger partial charge is 0.481 e. The monoisotopic (exact) mass is 373 g/mol. The first-order chi connectivity index (χ1) is 13.0. The first-order valence-electron chi connectivity index (χ1n) is 10.00. The van der Waals surface area contributed by atoms with Gasteiger partial charge < -0.3 is 9.47 Å². The van der Waals surface area contributed by atoms with Crippen LogP contribution in [0, 0.1) is 0 Å². The van der Waals surface area contributed by atoms with E-state index in [-0.39, 0.29) is 6.61 Å². The number of nitrogens with zero attached hydrogens (tertiary/aromatic N) is 1. The zero-order valence-corrected chi connectivity index (χ0v) is 17.6. The summed E-state index contributed by atoms with van der Waals surface area (Å²) in [5.41, 5.74) is 3.90. The number of carbonyl (C=O) groups is 1. The van der Waals surface area contributed by atoms with Crippen LogP contribution in [0.25, 0.3) is 5.76 Å². The predicted molar refractivity (Wildman–Crippen MR) is 113 cm³/mol. The molecule has 1 aromatic carbocycles. The zero-order valence-electron chi connectivity index (χ0n) is 17.6. The number of aliphatic imine (C=N–C) groups is 1. The SMILES string of the molecule is CCCCCCCCC(C)=Nc1ccccc1C(OCC(=O)OC)=C(C)C. The average molecular weight is 374 g/mol. The third kappa shape index (κ3) is 8.89. The Labute approximate surface area is 164 Å². The van der Waals surface area contributed by atoms with Gasteiger partial charge in [0.05, 0.1) is 12.8 Å². The molecule has 0 heterocycles. The summed E-state index contributed by atoms with van der Waals surface area (Å²) in [5.74, 6) is 0.293. The zero-order chi connectivity index (χ0) is 20.1. The highest BCUT2D eigenvalue weighted by molar-refractivity contribution is 5.87. The maximum atomic E-state index is 11.4. The van der Waals surface area contributed by atoms with E-state index >= 15 is 0 Å². The number of para-hydroxylation sites is 1. The Morgan fingerprint density at radius 3 is 2.33 bits per heavy atom.